The molecule has 2 N–H and O–H groups in total. The summed E-state index contributed by atoms with van der Waals surface area (Å²) in [5, 5.41) is 5.44. The number of urea groups is 1. The lowest BCUT2D eigenvalue weighted by Gasteiger charge is -2.39. The number of hydrogen-bond donors (Lipinski definition) is 2. The summed E-state index contributed by atoms with van der Waals surface area (Å²) in [4.78, 5) is 26.8. The Kier molecular flexibility index (Phi) is 5.36. The Morgan fingerprint density at radius 3 is 2.56 bits per heavy atom. The molecule has 2 aliphatic rings. The third-order valence-corrected chi connectivity index (χ3v) is 5.56. The van der Waals surface area contributed by atoms with E-state index in [2.05, 4.69) is 31.4 Å². The number of hydrogen-bond acceptors (Lipinski definition) is 3. The predicted octanol–water partition coefficient (Wildman–Crippen LogP) is 3.63. The molecule has 1 aromatic carbocycles. The van der Waals surface area contributed by atoms with Crippen molar-refractivity contribution in [3.63, 3.8) is 0 Å². The topological polar surface area (TPSA) is 70.7 Å². The summed E-state index contributed by atoms with van der Waals surface area (Å²) in [7, 11) is 0. The second-order valence-corrected chi connectivity index (χ2v) is 9.00. The van der Waals surface area contributed by atoms with E-state index in [1.807, 2.05) is 11.8 Å². The van der Waals surface area contributed by atoms with Crippen molar-refractivity contribution in [2.24, 2.45) is 10.8 Å². The van der Waals surface area contributed by atoms with Crippen molar-refractivity contribution < 1.29 is 14.3 Å². The fraction of sp³-hybridized carbons (Fsp3) is 0.619. The van der Waals surface area contributed by atoms with E-state index in [0.29, 0.717) is 18.3 Å². The lowest BCUT2D eigenvalue weighted by atomic mass is 9.65. The summed E-state index contributed by atoms with van der Waals surface area (Å²) >= 11 is 0. The van der Waals surface area contributed by atoms with Crippen LogP contribution in [0.1, 0.15) is 47.0 Å². The van der Waals surface area contributed by atoms with E-state index in [-0.39, 0.29) is 29.3 Å². The van der Waals surface area contributed by atoms with Crippen LogP contribution in [0.5, 0.6) is 5.75 Å². The molecular formula is C21H31N3O3. The van der Waals surface area contributed by atoms with Crippen LogP contribution in [0.15, 0.2) is 24.3 Å². The van der Waals surface area contributed by atoms with Gasteiger partial charge in [0.05, 0.1) is 13.2 Å². The molecule has 1 aliphatic heterocycles. The zero-order chi connectivity index (χ0) is 19.7. The Balaban J connectivity index is 1.50. The van der Waals surface area contributed by atoms with Crippen LogP contribution < -0.4 is 15.4 Å². The minimum Gasteiger partial charge on any atom is -0.494 e. The third-order valence-electron chi connectivity index (χ3n) is 5.56. The Bertz CT molecular complexity index is 701. The van der Waals surface area contributed by atoms with Gasteiger partial charge in [-0.15, -0.1) is 0 Å². The number of ether oxygens (including phenoxy) is 1. The molecule has 148 valence electrons. The highest BCUT2D eigenvalue weighted by Crippen LogP contribution is 2.52. The number of likely N-dealkylation sites (tertiary alicyclic amines) is 1. The second kappa shape index (κ2) is 7.41. The van der Waals surface area contributed by atoms with Gasteiger partial charge in [-0.3, -0.25) is 4.79 Å². The van der Waals surface area contributed by atoms with Crippen molar-refractivity contribution in [1.82, 2.24) is 10.2 Å². The summed E-state index contributed by atoms with van der Waals surface area (Å²) in [5.41, 5.74) is 1.13. The average Bonchev–Trinajstić information content (AvgIpc) is 2.83. The SMILES string of the molecule is CCOc1ccc(NC(=O)NCC(=O)N2CC3(C)CC2CC(C)(C)C3)cc1. The Morgan fingerprint density at radius 1 is 1.19 bits per heavy atom. The predicted molar refractivity (Wildman–Crippen MR) is 106 cm³/mol. The summed E-state index contributed by atoms with van der Waals surface area (Å²) in [5.74, 6) is 0.762. The van der Waals surface area contributed by atoms with Crippen LogP contribution >= 0.6 is 0 Å². The van der Waals surface area contributed by atoms with Gasteiger partial charge in [0.2, 0.25) is 5.91 Å². The molecule has 3 rings (SSSR count). The minimum absolute atomic E-state index is 0.00303. The van der Waals surface area contributed by atoms with Crippen LogP contribution in [-0.2, 0) is 4.79 Å². The molecule has 2 bridgehead atoms. The molecule has 3 amide bonds. The van der Waals surface area contributed by atoms with Gasteiger partial charge in [-0.05, 0) is 61.3 Å². The zero-order valence-corrected chi connectivity index (χ0v) is 16.8. The first-order chi connectivity index (χ1) is 12.7. The van der Waals surface area contributed by atoms with Crippen LogP contribution in [0.3, 0.4) is 0 Å². The first kappa shape index (κ1) is 19.5. The molecule has 0 radical (unpaired) electrons. The van der Waals surface area contributed by atoms with Gasteiger partial charge in [0.1, 0.15) is 5.75 Å². The summed E-state index contributed by atoms with van der Waals surface area (Å²) in [6.07, 6.45) is 3.25. The number of carbonyl (C=O) groups is 2. The van der Waals surface area contributed by atoms with Gasteiger partial charge < -0.3 is 20.3 Å². The fourth-order valence-electron chi connectivity index (χ4n) is 4.99. The van der Waals surface area contributed by atoms with Gasteiger partial charge in [0, 0.05) is 18.3 Å². The van der Waals surface area contributed by atoms with Gasteiger partial charge in [-0.25, -0.2) is 4.79 Å². The quantitative estimate of drug-likeness (QED) is 0.828. The molecule has 1 heterocycles. The highest BCUT2D eigenvalue weighted by Gasteiger charge is 2.50. The van der Waals surface area contributed by atoms with E-state index in [4.69, 9.17) is 4.74 Å². The van der Waals surface area contributed by atoms with Gasteiger partial charge in [-0.1, -0.05) is 20.8 Å². The fourth-order valence-corrected chi connectivity index (χ4v) is 4.99. The van der Waals surface area contributed by atoms with Crippen molar-refractivity contribution >= 4 is 17.6 Å². The van der Waals surface area contributed by atoms with Gasteiger partial charge in [0.15, 0.2) is 0 Å². The van der Waals surface area contributed by atoms with Crippen molar-refractivity contribution in [1.29, 1.82) is 0 Å². The van der Waals surface area contributed by atoms with Crippen molar-refractivity contribution in [2.75, 3.05) is 25.0 Å². The lowest BCUT2D eigenvalue weighted by molar-refractivity contribution is -0.131. The van der Waals surface area contributed by atoms with Crippen LogP contribution in [0.2, 0.25) is 0 Å². The monoisotopic (exact) mass is 373 g/mol. The molecule has 1 aromatic rings. The van der Waals surface area contributed by atoms with Crippen molar-refractivity contribution in [2.45, 2.75) is 53.0 Å². The summed E-state index contributed by atoms with van der Waals surface area (Å²) in [6, 6.07) is 7.08. The molecule has 6 nitrogen and oxygen atoms in total. The van der Waals surface area contributed by atoms with Crippen LogP contribution in [0, 0.1) is 10.8 Å². The molecule has 0 spiro atoms. The number of rotatable bonds is 5. The molecule has 27 heavy (non-hydrogen) atoms. The maximum absolute atomic E-state index is 12.7. The van der Waals surface area contributed by atoms with Crippen LogP contribution in [0.25, 0.3) is 0 Å². The standard InChI is InChI=1S/C21H31N3O3/c1-5-27-17-8-6-15(7-9-17)23-19(26)22-12-18(25)24-14-21(4)11-16(24)10-20(2,3)13-21/h6-9,16H,5,10-14H2,1-4H3,(H2,22,23,26). The average molecular weight is 373 g/mol. The van der Waals surface area contributed by atoms with Crippen molar-refractivity contribution in [3.05, 3.63) is 24.3 Å². The lowest BCUT2D eigenvalue weighted by Crippen LogP contribution is -2.44. The maximum atomic E-state index is 12.7. The van der Waals surface area contributed by atoms with E-state index in [0.717, 1.165) is 31.6 Å². The first-order valence-corrected chi connectivity index (χ1v) is 9.77. The molecule has 1 saturated heterocycles. The molecule has 2 atom stereocenters. The summed E-state index contributed by atoms with van der Waals surface area (Å²) < 4.78 is 5.38. The van der Waals surface area contributed by atoms with E-state index in [1.54, 1.807) is 24.3 Å². The Labute approximate surface area is 161 Å². The van der Waals surface area contributed by atoms with Crippen LogP contribution in [-0.4, -0.2) is 42.6 Å². The number of amides is 3. The number of nitrogens with zero attached hydrogens (tertiary/aromatic N) is 1. The summed E-state index contributed by atoms with van der Waals surface area (Å²) in [6.45, 7) is 10.2. The van der Waals surface area contributed by atoms with Crippen LogP contribution in [0.4, 0.5) is 10.5 Å². The van der Waals surface area contributed by atoms with E-state index in [9.17, 15) is 9.59 Å². The minimum atomic E-state index is -0.374. The van der Waals surface area contributed by atoms with Gasteiger partial charge in [-0.2, -0.15) is 0 Å². The Morgan fingerprint density at radius 2 is 1.89 bits per heavy atom. The number of carbonyl (C=O) groups excluding carboxylic acids is 2. The van der Waals surface area contributed by atoms with Crippen molar-refractivity contribution in [3.8, 4) is 5.75 Å². The maximum Gasteiger partial charge on any atom is 0.319 e. The van der Waals surface area contributed by atoms with E-state index < -0.39 is 0 Å². The molecule has 1 aliphatic carbocycles. The Hall–Kier alpha value is -2.24. The number of anilines is 1. The molecule has 0 aromatic heterocycles. The molecule has 1 saturated carbocycles. The largest absolute Gasteiger partial charge is 0.494 e. The van der Waals surface area contributed by atoms with Gasteiger partial charge >= 0.3 is 6.03 Å². The molecule has 2 fully saturated rings. The zero-order valence-electron chi connectivity index (χ0n) is 16.8. The van der Waals surface area contributed by atoms with E-state index >= 15 is 0 Å². The number of nitrogens with one attached hydrogen (secondary N) is 2. The van der Waals surface area contributed by atoms with E-state index in [1.165, 1.54) is 0 Å². The third kappa shape index (κ3) is 4.73. The molecular weight excluding hydrogens is 342 g/mol. The second-order valence-electron chi connectivity index (χ2n) is 9.00. The highest BCUT2D eigenvalue weighted by atomic mass is 16.5. The molecule has 6 heteroatoms. The highest BCUT2D eigenvalue weighted by molar-refractivity contribution is 5.92. The number of benzene rings is 1. The normalized spacial score (nSPS) is 25.8. The first-order valence-electron chi connectivity index (χ1n) is 9.77. The van der Waals surface area contributed by atoms with Gasteiger partial charge in [0.25, 0.3) is 0 Å². The number of fused-ring (bicyclic) bond motifs is 2. The molecule has 2 unspecified atom stereocenters. The smallest absolute Gasteiger partial charge is 0.319 e.